The Labute approximate surface area is 75.4 Å². The molecule has 0 N–H and O–H groups in total. The molecule has 0 aromatic carbocycles. The van der Waals surface area contributed by atoms with Crippen LogP contribution in [0.1, 0.15) is 42.3 Å². The van der Waals surface area contributed by atoms with E-state index in [1.54, 1.807) is 0 Å². The quantitative estimate of drug-likeness (QED) is 0.602. The van der Waals surface area contributed by atoms with E-state index < -0.39 is 0 Å². The van der Waals surface area contributed by atoms with Crippen LogP contribution in [-0.2, 0) is 7.05 Å². The fraction of sp³-hybridized carbons (Fsp3) is 0.636. The van der Waals surface area contributed by atoms with Gasteiger partial charge in [0, 0.05) is 18.4 Å². The molecule has 68 valence electrons. The van der Waals surface area contributed by atoms with Crippen molar-refractivity contribution in [1.82, 2.24) is 4.57 Å². The Balaban J connectivity index is 3.38. The number of rotatable bonds is 1. The molecule has 0 atom stereocenters. The highest BCUT2D eigenvalue weighted by atomic mass is 15.0. The minimum Gasteiger partial charge on any atom is -0.352 e. The van der Waals surface area contributed by atoms with Gasteiger partial charge in [-0.05, 0) is 37.8 Å². The average Bonchev–Trinajstić information content (AvgIpc) is 2.16. The van der Waals surface area contributed by atoms with Gasteiger partial charge in [-0.15, -0.1) is 0 Å². The summed E-state index contributed by atoms with van der Waals surface area (Å²) < 4.78 is 2.28. The highest BCUT2D eigenvalue weighted by Gasteiger charge is 2.13. The molecule has 1 nitrogen and oxygen atoms in total. The van der Waals surface area contributed by atoms with Gasteiger partial charge in [0.2, 0.25) is 0 Å². The van der Waals surface area contributed by atoms with Gasteiger partial charge >= 0.3 is 0 Å². The minimum atomic E-state index is 0.643. The fourth-order valence-electron chi connectivity index (χ4n) is 2.00. The van der Waals surface area contributed by atoms with Crippen molar-refractivity contribution in [1.29, 1.82) is 0 Å². The van der Waals surface area contributed by atoms with E-state index in [4.69, 9.17) is 0 Å². The van der Waals surface area contributed by atoms with E-state index >= 15 is 0 Å². The van der Waals surface area contributed by atoms with Crippen LogP contribution in [0.3, 0.4) is 0 Å². The summed E-state index contributed by atoms with van der Waals surface area (Å²) in [6, 6.07) is 0. The van der Waals surface area contributed by atoms with Gasteiger partial charge in [-0.2, -0.15) is 0 Å². The molecule has 0 radical (unpaired) electrons. The Bertz CT molecular complexity index is 267. The molecular weight excluding hydrogens is 146 g/mol. The molecule has 0 amide bonds. The lowest BCUT2D eigenvalue weighted by molar-refractivity contribution is 0.805. The second-order valence-corrected chi connectivity index (χ2v) is 3.92. The molecule has 0 spiro atoms. The molecule has 0 fully saturated rings. The van der Waals surface area contributed by atoms with Gasteiger partial charge in [-0.25, -0.2) is 0 Å². The Morgan fingerprint density at radius 3 is 1.67 bits per heavy atom. The van der Waals surface area contributed by atoms with Crippen LogP contribution in [0.25, 0.3) is 0 Å². The predicted octanol–water partition coefficient (Wildman–Crippen LogP) is 3.07. The zero-order valence-corrected chi connectivity index (χ0v) is 9.02. The molecule has 0 saturated heterocycles. The lowest BCUT2D eigenvalue weighted by Crippen LogP contribution is -1.95. The Hall–Kier alpha value is -0.720. The fourth-order valence-corrected chi connectivity index (χ4v) is 2.00. The standard InChI is InChI=1S/C11H19N/c1-7(2)11-8(3)9(4)12(6)10(11)5/h7H,1-6H3. The van der Waals surface area contributed by atoms with E-state index in [1.807, 2.05) is 0 Å². The minimum absolute atomic E-state index is 0.643. The molecular formula is C11H19N. The van der Waals surface area contributed by atoms with Crippen LogP contribution < -0.4 is 0 Å². The SMILES string of the molecule is Cc1c(C(C)C)c(C)n(C)c1C. The molecule has 0 aliphatic carbocycles. The first-order valence-corrected chi connectivity index (χ1v) is 4.59. The maximum absolute atomic E-state index is 2.28. The summed E-state index contributed by atoms with van der Waals surface area (Å²) >= 11 is 0. The van der Waals surface area contributed by atoms with Gasteiger partial charge in [0.15, 0.2) is 0 Å². The van der Waals surface area contributed by atoms with Crippen molar-refractivity contribution in [3.05, 3.63) is 22.5 Å². The van der Waals surface area contributed by atoms with Gasteiger partial charge in [0.1, 0.15) is 0 Å². The zero-order valence-electron chi connectivity index (χ0n) is 9.02. The second-order valence-electron chi connectivity index (χ2n) is 3.92. The molecule has 12 heavy (non-hydrogen) atoms. The molecule has 0 bridgehead atoms. The summed E-state index contributed by atoms with van der Waals surface area (Å²) in [6.45, 7) is 11.1. The second kappa shape index (κ2) is 2.96. The largest absolute Gasteiger partial charge is 0.352 e. The first kappa shape index (κ1) is 9.37. The molecule has 1 aromatic heterocycles. The summed E-state index contributed by atoms with van der Waals surface area (Å²) in [5, 5.41) is 0. The Morgan fingerprint density at radius 1 is 1.00 bits per heavy atom. The van der Waals surface area contributed by atoms with Crippen LogP contribution in [0.4, 0.5) is 0 Å². The van der Waals surface area contributed by atoms with E-state index in [0.29, 0.717) is 5.92 Å². The van der Waals surface area contributed by atoms with Gasteiger partial charge in [-0.1, -0.05) is 13.8 Å². The summed E-state index contributed by atoms with van der Waals surface area (Å²) in [5.74, 6) is 0.643. The van der Waals surface area contributed by atoms with E-state index in [1.165, 1.54) is 22.5 Å². The normalized spacial score (nSPS) is 11.2. The topological polar surface area (TPSA) is 4.93 Å². The van der Waals surface area contributed by atoms with Crippen molar-refractivity contribution in [2.75, 3.05) is 0 Å². The summed E-state index contributed by atoms with van der Waals surface area (Å²) in [7, 11) is 2.14. The summed E-state index contributed by atoms with van der Waals surface area (Å²) in [6.07, 6.45) is 0. The summed E-state index contributed by atoms with van der Waals surface area (Å²) in [5.41, 5.74) is 5.80. The third-order valence-electron chi connectivity index (χ3n) is 2.92. The van der Waals surface area contributed by atoms with E-state index in [0.717, 1.165) is 0 Å². The molecule has 0 aliphatic heterocycles. The average molecular weight is 165 g/mol. The van der Waals surface area contributed by atoms with E-state index in [-0.39, 0.29) is 0 Å². The lowest BCUT2D eigenvalue weighted by Gasteiger charge is -2.06. The number of hydrogen-bond acceptors (Lipinski definition) is 0. The number of hydrogen-bond donors (Lipinski definition) is 0. The van der Waals surface area contributed by atoms with Gasteiger partial charge < -0.3 is 4.57 Å². The Kier molecular flexibility index (Phi) is 2.31. The molecule has 1 heterocycles. The van der Waals surface area contributed by atoms with E-state index in [2.05, 4.69) is 46.2 Å². The van der Waals surface area contributed by atoms with Crippen molar-refractivity contribution in [3.8, 4) is 0 Å². The van der Waals surface area contributed by atoms with Crippen molar-refractivity contribution in [3.63, 3.8) is 0 Å². The van der Waals surface area contributed by atoms with Crippen molar-refractivity contribution in [2.45, 2.75) is 40.5 Å². The van der Waals surface area contributed by atoms with Crippen LogP contribution in [-0.4, -0.2) is 4.57 Å². The monoisotopic (exact) mass is 165 g/mol. The van der Waals surface area contributed by atoms with Crippen molar-refractivity contribution in [2.24, 2.45) is 7.05 Å². The molecule has 1 aromatic rings. The lowest BCUT2D eigenvalue weighted by atomic mass is 9.99. The highest BCUT2D eigenvalue weighted by Crippen LogP contribution is 2.26. The predicted molar refractivity (Wildman–Crippen MR) is 53.7 cm³/mol. The molecule has 0 saturated carbocycles. The van der Waals surface area contributed by atoms with Crippen LogP contribution in [0, 0.1) is 20.8 Å². The van der Waals surface area contributed by atoms with Crippen LogP contribution in [0.5, 0.6) is 0 Å². The van der Waals surface area contributed by atoms with Gasteiger partial charge in [0.25, 0.3) is 0 Å². The first-order chi connectivity index (χ1) is 5.46. The highest BCUT2D eigenvalue weighted by molar-refractivity contribution is 5.38. The first-order valence-electron chi connectivity index (χ1n) is 4.59. The van der Waals surface area contributed by atoms with Crippen molar-refractivity contribution < 1.29 is 0 Å². The maximum Gasteiger partial charge on any atom is 0.0180 e. The van der Waals surface area contributed by atoms with Gasteiger partial charge in [-0.3, -0.25) is 0 Å². The van der Waals surface area contributed by atoms with E-state index in [9.17, 15) is 0 Å². The van der Waals surface area contributed by atoms with Crippen LogP contribution in [0.15, 0.2) is 0 Å². The van der Waals surface area contributed by atoms with Crippen LogP contribution in [0.2, 0.25) is 0 Å². The van der Waals surface area contributed by atoms with Crippen LogP contribution >= 0.6 is 0 Å². The molecule has 0 aliphatic rings. The zero-order chi connectivity index (χ0) is 9.46. The maximum atomic E-state index is 2.28. The smallest absolute Gasteiger partial charge is 0.0180 e. The summed E-state index contributed by atoms with van der Waals surface area (Å²) in [4.78, 5) is 0. The number of nitrogens with zero attached hydrogens (tertiary/aromatic N) is 1. The molecule has 1 rings (SSSR count). The van der Waals surface area contributed by atoms with Crippen molar-refractivity contribution >= 4 is 0 Å². The molecule has 0 unspecified atom stereocenters. The number of aromatic nitrogens is 1. The Morgan fingerprint density at radius 2 is 1.50 bits per heavy atom. The third-order valence-corrected chi connectivity index (χ3v) is 2.92. The molecule has 1 heteroatoms. The third kappa shape index (κ3) is 1.17. The van der Waals surface area contributed by atoms with Gasteiger partial charge in [0.05, 0.1) is 0 Å².